The van der Waals surface area contributed by atoms with Crippen molar-refractivity contribution in [1.82, 2.24) is 9.88 Å². The summed E-state index contributed by atoms with van der Waals surface area (Å²) in [6.45, 7) is 3.41. The number of nitrogens with zero attached hydrogens (tertiary/aromatic N) is 2. The van der Waals surface area contributed by atoms with Crippen LogP contribution in [0.1, 0.15) is 36.8 Å². The highest BCUT2D eigenvalue weighted by Crippen LogP contribution is 2.32. The van der Waals surface area contributed by atoms with Crippen LogP contribution in [0.2, 0.25) is 0 Å². The van der Waals surface area contributed by atoms with E-state index in [2.05, 4.69) is 88.9 Å². The van der Waals surface area contributed by atoms with E-state index < -0.39 is 0 Å². The van der Waals surface area contributed by atoms with Gasteiger partial charge in [0.25, 0.3) is 0 Å². The highest BCUT2D eigenvalue weighted by atomic mass is 15.1. The van der Waals surface area contributed by atoms with Crippen molar-refractivity contribution in [3.8, 4) is 0 Å². The topological polar surface area (TPSA) is 16.1 Å². The normalized spacial score (nSPS) is 20.3. The molecule has 5 rings (SSSR count). The summed E-state index contributed by atoms with van der Waals surface area (Å²) in [6.07, 6.45) is 11.9. The number of hydrogen-bond acceptors (Lipinski definition) is 2. The first-order valence-corrected chi connectivity index (χ1v) is 10.9. The van der Waals surface area contributed by atoms with E-state index in [4.69, 9.17) is 0 Å². The Balaban J connectivity index is 1.27. The van der Waals surface area contributed by atoms with E-state index in [1.165, 1.54) is 53.5 Å². The fraction of sp³-hybridized carbons (Fsp3) is 0.296. The summed E-state index contributed by atoms with van der Waals surface area (Å²) in [5.41, 5.74) is 6.76. The Morgan fingerprint density at radius 3 is 2.62 bits per heavy atom. The van der Waals surface area contributed by atoms with E-state index >= 15 is 0 Å². The minimum absolute atomic E-state index is 0.650. The van der Waals surface area contributed by atoms with Crippen LogP contribution in [0.15, 0.2) is 79.0 Å². The van der Waals surface area contributed by atoms with Crippen molar-refractivity contribution >= 4 is 22.0 Å². The molecule has 1 aliphatic carbocycles. The maximum Gasteiger partial charge on any atom is 0.0702 e. The van der Waals surface area contributed by atoms with E-state index in [0.29, 0.717) is 5.92 Å². The van der Waals surface area contributed by atoms with E-state index in [1.54, 1.807) is 0 Å². The lowest BCUT2D eigenvalue weighted by atomic mass is 9.86. The number of fused-ring (bicyclic) bond motifs is 1. The number of pyridine rings is 1. The summed E-state index contributed by atoms with van der Waals surface area (Å²) >= 11 is 0. The van der Waals surface area contributed by atoms with Crippen LogP contribution >= 0.6 is 0 Å². The third kappa shape index (κ3) is 4.18. The molecule has 2 heteroatoms. The average molecular weight is 381 g/mol. The van der Waals surface area contributed by atoms with E-state index in [-0.39, 0.29) is 0 Å². The SMILES string of the molecule is C1=C(c2cnc3ccccc3c2)CCCC1CN1CC=C(c2ccccc2)CC1. The Morgan fingerprint density at radius 1 is 0.897 bits per heavy atom. The van der Waals surface area contributed by atoms with Crippen LogP contribution in [-0.4, -0.2) is 29.5 Å². The van der Waals surface area contributed by atoms with Gasteiger partial charge in [-0.1, -0.05) is 60.7 Å². The van der Waals surface area contributed by atoms with Crippen LogP contribution in [0.4, 0.5) is 0 Å². The molecule has 1 aliphatic heterocycles. The van der Waals surface area contributed by atoms with E-state index in [1.807, 2.05) is 0 Å². The van der Waals surface area contributed by atoms with Gasteiger partial charge < -0.3 is 0 Å². The molecule has 2 nitrogen and oxygen atoms in total. The Kier molecular flexibility index (Phi) is 5.27. The molecule has 0 saturated heterocycles. The molecule has 0 bridgehead atoms. The molecule has 3 aromatic rings. The van der Waals surface area contributed by atoms with Crippen molar-refractivity contribution < 1.29 is 0 Å². The molecule has 2 aliphatic rings. The summed E-state index contributed by atoms with van der Waals surface area (Å²) in [5, 5.41) is 1.24. The molecule has 2 aromatic carbocycles. The van der Waals surface area contributed by atoms with Gasteiger partial charge in [0.1, 0.15) is 0 Å². The minimum Gasteiger partial charge on any atom is -0.299 e. The molecule has 1 unspecified atom stereocenters. The van der Waals surface area contributed by atoms with Gasteiger partial charge in [-0.15, -0.1) is 0 Å². The maximum atomic E-state index is 4.68. The van der Waals surface area contributed by atoms with Crippen LogP contribution in [0.3, 0.4) is 0 Å². The van der Waals surface area contributed by atoms with Gasteiger partial charge in [-0.3, -0.25) is 9.88 Å². The molecule has 0 spiro atoms. The minimum atomic E-state index is 0.650. The van der Waals surface area contributed by atoms with Crippen LogP contribution in [0.25, 0.3) is 22.0 Å². The van der Waals surface area contributed by atoms with Gasteiger partial charge in [-0.25, -0.2) is 0 Å². The lowest BCUT2D eigenvalue weighted by Gasteiger charge is -2.31. The second-order valence-electron chi connectivity index (χ2n) is 8.37. The fourth-order valence-electron chi connectivity index (χ4n) is 4.76. The van der Waals surface area contributed by atoms with Crippen molar-refractivity contribution in [3.63, 3.8) is 0 Å². The standard InChI is InChI=1S/C27H28N2/c1-2-8-22(9-3-1)23-13-15-29(16-14-23)20-21-7-6-11-24(17-21)26-18-25-10-4-5-12-27(25)28-19-26/h1-5,8-10,12-13,17-19,21H,6-7,11,14-16,20H2. The molecule has 0 radical (unpaired) electrons. The number of allylic oxidation sites excluding steroid dienone is 1. The quantitative estimate of drug-likeness (QED) is 0.535. The first kappa shape index (κ1) is 18.3. The molecule has 29 heavy (non-hydrogen) atoms. The Morgan fingerprint density at radius 2 is 1.76 bits per heavy atom. The lowest BCUT2D eigenvalue weighted by Crippen LogP contribution is -2.33. The van der Waals surface area contributed by atoms with Gasteiger partial charge >= 0.3 is 0 Å². The molecule has 1 aromatic heterocycles. The highest BCUT2D eigenvalue weighted by Gasteiger charge is 2.20. The van der Waals surface area contributed by atoms with Crippen molar-refractivity contribution in [2.75, 3.05) is 19.6 Å². The number of para-hydroxylation sites is 1. The van der Waals surface area contributed by atoms with E-state index in [0.717, 1.165) is 25.0 Å². The van der Waals surface area contributed by atoms with Gasteiger partial charge in [0, 0.05) is 31.2 Å². The molecule has 146 valence electrons. The van der Waals surface area contributed by atoms with Crippen molar-refractivity contribution in [1.29, 1.82) is 0 Å². The summed E-state index contributed by atoms with van der Waals surface area (Å²) in [4.78, 5) is 7.30. The molecule has 1 atom stereocenters. The predicted octanol–water partition coefficient (Wildman–Crippen LogP) is 6.21. The third-order valence-electron chi connectivity index (χ3n) is 6.35. The smallest absolute Gasteiger partial charge is 0.0702 e. The maximum absolute atomic E-state index is 4.68. The molecular weight excluding hydrogens is 352 g/mol. The van der Waals surface area contributed by atoms with Crippen molar-refractivity contribution in [2.45, 2.75) is 25.7 Å². The summed E-state index contributed by atoms with van der Waals surface area (Å²) in [5.74, 6) is 0.650. The van der Waals surface area contributed by atoms with Crippen molar-refractivity contribution in [2.24, 2.45) is 5.92 Å². The molecule has 0 N–H and O–H groups in total. The first-order chi connectivity index (χ1) is 14.3. The van der Waals surface area contributed by atoms with Gasteiger partial charge in [0.05, 0.1) is 5.52 Å². The largest absolute Gasteiger partial charge is 0.299 e. The van der Waals surface area contributed by atoms with Crippen molar-refractivity contribution in [3.05, 3.63) is 90.1 Å². The number of benzene rings is 2. The van der Waals surface area contributed by atoms with Gasteiger partial charge in [-0.05, 0) is 66.0 Å². The Labute approximate surface area is 173 Å². The first-order valence-electron chi connectivity index (χ1n) is 10.9. The second-order valence-corrected chi connectivity index (χ2v) is 8.37. The molecule has 2 heterocycles. The Hall–Kier alpha value is -2.71. The molecule has 0 saturated carbocycles. The number of aromatic nitrogens is 1. The molecular formula is C27H28N2. The van der Waals surface area contributed by atoms with Crippen LogP contribution in [-0.2, 0) is 0 Å². The van der Waals surface area contributed by atoms with Crippen LogP contribution in [0, 0.1) is 5.92 Å². The third-order valence-corrected chi connectivity index (χ3v) is 6.35. The number of hydrogen-bond donors (Lipinski definition) is 0. The highest BCUT2D eigenvalue weighted by molar-refractivity contribution is 5.82. The molecule has 0 fully saturated rings. The zero-order chi connectivity index (χ0) is 19.5. The van der Waals surface area contributed by atoms with Gasteiger partial charge in [-0.2, -0.15) is 0 Å². The summed E-state index contributed by atoms with van der Waals surface area (Å²) in [7, 11) is 0. The lowest BCUT2D eigenvalue weighted by molar-refractivity contribution is 0.262. The zero-order valence-corrected chi connectivity index (χ0v) is 16.9. The monoisotopic (exact) mass is 380 g/mol. The second kappa shape index (κ2) is 8.34. The fourth-order valence-corrected chi connectivity index (χ4v) is 4.76. The summed E-state index contributed by atoms with van der Waals surface area (Å²) in [6, 6.07) is 21.5. The Bertz CT molecular complexity index is 1050. The summed E-state index contributed by atoms with van der Waals surface area (Å²) < 4.78 is 0. The van der Waals surface area contributed by atoms with Crippen LogP contribution in [0.5, 0.6) is 0 Å². The average Bonchev–Trinajstić information content (AvgIpc) is 2.80. The van der Waals surface area contributed by atoms with E-state index in [9.17, 15) is 0 Å². The van der Waals surface area contributed by atoms with Crippen LogP contribution < -0.4 is 0 Å². The van der Waals surface area contributed by atoms with Gasteiger partial charge in [0.15, 0.2) is 0 Å². The molecule has 0 amide bonds. The zero-order valence-electron chi connectivity index (χ0n) is 16.9. The number of rotatable bonds is 4. The van der Waals surface area contributed by atoms with Gasteiger partial charge in [0.2, 0.25) is 0 Å². The predicted molar refractivity (Wildman–Crippen MR) is 123 cm³/mol.